The number of ether oxygens (including phenoxy) is 7. The number of ketones is 1. The van der Waals surface area contributed by atoms with E-state index >= 15 is 0 Å². The summed E-state index contributed by atoms with van der Waals surface area (Å²) in [5.41, 5.74) is 5.25. The zero-order valence-corrected chi connectivity index (χ0v) is 44.4. The lowest BCUT2D eigenvalue weighted by Gasteiger charge is -2.32. The number of aromatic hydroxyl groups is 1. The van der Waals surface area contributed by atoms with Gasteiger partial charge >= 0.3 is 0 Å². The molecule has 0 radical (unpaired) electrons. The normalized spacial score (nSPS) is 18.7. The second-order valence-electron chi connectivity index (χ2n) is 19.9. The van der Waals surface area contributed by atoms with Gasteiger partial charge in [-0.15, -0.1) is 0 Å². The zero-order valence-electron chi connectivity index (χ0n) is 44.4. The summed E-state index contributed by atoms with van der Waals surface area (Å²) in [5.74, 6) is 3.11. The summed E-state index contributed by atoms with van der Waals surface area (Å²) in [7, 11) is 4.57. The molecular formula is C61H68N6O12. The van der Waals surface area contributed by atoms with Crippen molar-refractivity contribution in [3.63, 3.8) is 0 Å². The van der Waals surface area contributed by atoms with Gasteiger partial charge in [-0.1, -0.05) is 7.43 Å². The molecule has 18 nitrogen and oxygen atoms in total. The van der Waals surface area contributed by atoms with E-state index in [9.17, 15) is 24.3 Å². The van der Waals surface area contributed by atoms with Gasteiger partial charge in [0.1, 0.15) is 37.9 Å². The first kappa shape index (κ1) is 55.3. The van der Waals surface area contributed by atoms with Gasteiger partial charge in [-0.2, -0.15) is 0 Å². The third-order valence-corrected chi connectivity index (χ3v) is 14.8. The topological polar surface area (TPSA) is 200 Å². The third kappa shape index (κ3) is 12.3. The Hall–Kier alpha value is -8.41. The van der Waals surface area contributed by atoms with Crippen LogP contribution in [0.1, 0.15) is 125 Å². The van der Waals surface area contributed by atoms with Gasteiger partial charge in [-0.05, 0) is 137 Å². The van der Waals surface area contributed by atoms with Crippen LogP contribution in [0.15, 0.2) is 93.8 Å². The highest BCUT2D eigenvalue weighted by molar-refractivity contribution is 6.05. The van der Waals surface area contributed by atoms with Crippen molar-refractivity contribution < 1.29 is 57.4 Å². The maximum absolute atomic E-state index is 13.6. The summed E-state index contributed by atoms with van der Waals surface area (Å²) >= 11 is 0. The standard InChI is InChI=1S/C46H48N4O9.C14H16N2O3.CH4/c1-29(51)32-10-12-35(13-11-32)56-16-17-57-36-19-30(27-58-43-23-39-37(21-41(43)54-2)45(52)49-14-6-4-8-33(49)25-47-39)18-31(20-36)28-59-44-24-40-38(22-42(44)55-3)46(53)50-15-7-5-9-34(50)26-48-40;1-19-13-6-10-11(7-12(13)17)15-8-9-4-2-3-5-16(9)14(10)18;/h10-13,18-26,33-34H,4-9,14-17,27-28H2,1-3H3;6-9,17H,2-5H2,1H3;1H4/t33-,34-;9-;/m00./s1. The van der Waals surface area contributed by atoms with Crippen molar-refractivity contribution in [3.8, 4) is 46.0 Å². The van der Waals surface area contributed by atoms with Crippen LogP contribution < -0.4 is 33.2 Å². The largest absolute Gasteiger partial charge is 0.504 e. The quantitative estimate of drug-likeness (QED) is 0.0769. The van der Waals surface area contributed by atoms with Crippen LogP contribution in [0, 0.1) is 0 Å². The Morgan fingerprint density at radius 2 is 0.911 bits per heavy atom. The van der Waals surface area contributed by atoms with Crippen molar-refractivity contribution in [2.24, 2.45) is 15.0 Å². The molecule has 11 rings (SSSR count). The van der Waals surface area contributed by atoms with Crippen molar-refractivity contribution in [1.29, 1.82) is 0 Å². The number of rotatable bonds is 15. The Labute approximate surface area is 460 Å². The van der Waals surface area contributed by atoms with Gasteiger partial charge in [0.2, 0.25) is 0 Å². The Morgan fingerprint density at radius 3 is 1.33 bits per heavy atom. The number of phenols is 1. The van der Waals surface area contributed by atoms with Gasteiger partial charge in [-0.25, -0.2) is 0 Å². The molecule has 5 aromatic rings. The van der Waals surface area contributed by atoms with Gasteiger partial charge in [0.05, 0.1) is 73.2 Å². The van der Waals surface area contributed by atoms with Crippen LogP contribution in [0.25, 0.3) is 0 Å². The number of fused-ring (bicyclic) bond motifs is 6. The van der Waals surface area contributed by atoms with Crippen molar-refractivity contribution in [3.05, 3.63) is 112 Å². The number of carbonyl (C=O) groups excluding carboxylic acids is 4. The summed E-state index contributed by atoms with van der Waals surface area (Å²) in [6, 6.07) is 22.7. The van der Waals surface area contributed by atoms with E-state index in [0.29, 0.717) is 92.7 Å². The predicted octanol–water partition coefficient (Wildman–Crippen LogP) is 10.7. The van der Waals surface area contributed by atoms with Gasteiger partial charge in [0.25, 0.3) is 17.7 Å². The maximum Gasteiger partial charge on any atom is 0.256 e. The molecule has 0 spiro atoms. The molecule has 79 heavy (non-hydrogen) atoms. The minimum absolute atomic E-state index is 0. The average molecular weight is 1080 g/mol. The van der Waals surface area contributed by atoms with E-state index in [-0.39, 0.29) is 81.2 Å². The SMILES string of the molecule is C.COc1cc2c(cc1O)N=C[C@@H]1CCCCN1C2=O.COc1cc2c(cc1OCc1cc(COc3cc4c(cc3OC)C(=O)N3CCCC[C@H]3C=N4)cc(OCCOc3ccc(C(C)=O)cc3)c1)N=C[C@@H]1CCCCN1C2=O. The summed E-state index contributed by atoms with van der Waals surface area (Å²) in [5, 5.41) is 9.78. The van der Waals surface area contributed by atoms with E-state index in [2.05, 4.69) is 4.99 Å². The molecule has 0 saturated carbocycles. The fourth-order valence-electron chi connectivity index (χ4n) is 10.7. The summed E-state index contributed by atoms with van der Waals surface area (Å²) in [6.45, 7) is 4.47. The van der Waals surface area contributed by atoms with Crippen molar-refractivity contribution >= 4 is 59.2 Å². The first-order valence-corrected chi connectivity index (χ1v) is 26.6. The Morgan fingerprint density at radius 1 is 0.506 bits per heavy atom. The average Bonchev–Trinajstić information content (AvgIpc) is 3.85. The molecule has 414 valence electrons. The molecule has 3 amide bonds. The molecule has 0 bridgehead atoms. The number of Topliss-reactive ketones (excluding diaryl/α,β-unsaturated/α-hetero) is 1. The number of benzene rings is 5. The van der Waals surface area contributed by atoms with Crippen LogP contribution in [0.4, 0.5) is 17.1 Å². The second kappa shape index (κ2) is 24.9. The minimum atomic E-state index is -0.0566. The lowest BCUT2D eigenvalue weighted by molar-refractivity contribution is 0.0680. The van der Waals surface area contributed by atoms with Gasteiger partial charge in [0.15, 0.2) is 40.3 Å². The first-order valence-electron chi connectivity index (χ1n) is 26.6. The maximum atomic E-state index is 13.6. The van der Waals surface area contributed by atoms with E-state index in [1.807, 2.05) is 51.5 Å². The number of amides is 3. The molecule has 6 heterocycles. The summed E-state index contributed by atoms with van der Waals surface area (Å²) < 4.78 is 41.3. The van der Waals surface area contributed by atoms with E-state index in [1.54, 1.807) is 68.8 Å². The van der Waals surface area contributed by atoms with Crippen LogP contribution in [0.2, 0.25) is 0 Å². The number of methoxy groups -OCH3 is 3. The van der Waals surface area contributed by atoms with Crippen LogP contribution in [-0.4, -0.2) is 134 Å². The Kier molecular flexibility index (Phi) is 17.5. The van der Waals surface area contributed by atoms with E-state index in [4.69, 9.17) is 43.1 Å². The minimum Gasteiger partial charge on any atom is -0.504 e. The fourth-order valence-corrected chi connectivity index (χ4v) is 10.7. The van der Waals surface area contributed by atoms with Crippen molar-refractivity contribution in [1.82, 2.24) is 14.7 Å². The van der Waals surface area contributed by atoms with Crippen LogP contribution >= 0.6 is 0 Å². The van der Waals surface area contributed by atoms with Crippen LogP contribution in [0.3, 0.4) is 0 Å². The number of phenolic OH excluding ortho intramolecular Hbond substituents is 1. The van der Waals surface area contributed by atoms with Gasteiger partial charge in [-0.3, -0.25) is 34.2 Å². The molecule has 0 aromatic heterocycles. The summed E-state index contributed by atoms with van der Waals surface area (Å²) in [4.78, 5) is 70.8. The molecule has 5 aromatic carbocycles. The molecule has 1 N–H and O–H groups in total. The number of aliphatic imine (C=N–C) groups is 3. The predicted molar refractivity (Wildman–Crippen MR) is 300 cm³/mol. The van der Waals surface area contributed by atoms with Crippen LogP contribution in [0.5, 0.6) is 46.0 Å². The lowest BCUT2D eigenvalue weighted by atomic mass is 10.0. The van der Waals surface area contributed by atoms with Crippen LogP contribution in [-0.2, 0) is 13.2 Å². The number of carbonyl (C=O) groups is 4. The number of piperidine rings is 3. The smallest absolute Gasteiger partial charge is 0.256 e. The van der Waals surface area contributed by atoms with E-state index in [1.165, 1.54) is 20.1 Å². The third-order valence-electron chi connectivity index (χ3n) is 14.8. The molecule has 6 aliphatic heterocycles. The molecule has 3 atom stereocenters. The lowest BCUT2D eigenvalue weighted by Crippen LogP contribution is -2.43. The zero-order chi connectivity index (χ0) is 54.3. The Balaban J connectivity index is 0.000000318. The molecule has 18 heteroatoms. The molecule has 3 saturated heterocycles. The second-order valence-corrected chi connectivity index (χ2v) is 19.9. The fraction of sp³-hybridized carbons (Fsp3) is 0.393. The van der Waals surface area contributed by atoms with Gasteiger partial charge in [0, 0.05) is 62.0 Å². The van der Waals surface area contributed by atoms with Crippen molar-refractivity contribution in [2.45, 2.75) is 103 Å². The highest BCUT2D eigenvalue weighted by Crippen LogP contribution is 2.41. The molecule has 6 aliphatic rings. The molecule has 0 unspecified atom stereocenters. The number of hydrogen-bond donors (Lipinski definition) is 1. The first-order chi connectivity index (χ1) is 38.0. The van der Waals surface area contributed by atoms with E-state index < -0.39 is 0 Å². The monoisotopic (exact) mass is 1080 g/mol. The summed E-state index contributed by atoms with van der Waals surface area (Å²) in [6.07, 6.45) is 14.5. The van der Waals surface area contributed by atoms with E-state index in [0.717, 1.165) is 75.5 Å². The number of hydrogen-bond acceptors (Lipinski definition) is 15. The highest BCUT2D eigenvalue weighted by atomic mass is 16.5. The van der Waals surface area contributed by atoms with Gasteiger partial charge < -0.3 is 53.0 Å². The molecular weight excluding hydrogens is 1010 g/mol. The van der Waals surface area contributed by atoms with Crippen molar-refractivity contribution in [2.75, 3.05) is 54.2 Å². The molecule has 3 fully saturated rings. The number of nitrogens with zero attached hydrogens (tertiary/aromatic N) is 6. The molecule has 0 aliphatic carbocycles. The highest BCUT2D eigenvalue weighted by Gasteiger charge is 2.34. The Bertz CT molecular complexity index is 3050.